The Bertz CT molecular complexity index is 555. The Morgan fingerprint density at radius 3 is 2.50 bits per heavy atom. The van der Waals surface area contributed by atoms with Crippen molar-refractivity contribution in [3.8, 4) is 0 Å². The highest BCUT2D eigenvalue weighted by atomic mass is 19.4. The standard InChI is InChI=1S/C13H15F3N2/c1-3-7-18-11-6-5-9(13(14,15)16)8-10(11)17-12(18)4-2/h5-6,8H,3-4,7H2,1-2H3. The number of imidazole rings is 1. The zero-order valence-electron chi connectivity index (χ0n) is 10.4. The highest BCUT2D eigenvalue weighted by Gasteiger charge is 2.31. The van der Waals surface area contributed by atoms with Crippen molar-refractivity contribution in [1.82, 2.24) is 9.55 Å². The highest BCUT2D eigenvalue weighted by Crippen LogP contribution is 2.31. The largest absolute Gasteiger partial charge is 0.416 e. The molecule has 0 aliphatic carbocycles. The molecule has 0 amide bonds. The summed E-state index contributed by atoms with van der Waals surface area (Å²) < 4.78 is 39.9. The van der Waals surface area contributed by atoms with Crippen molar-refractivity contribution in [2.75, 3.05) is 0 Å². The second-order valence-electron chi connectivity index (χ2n) is 4.23. The minimum atomic E-state index is -4.31. The number of hydrogen-bond donors (Lipinski definition) is 0. The maximum Gasteiger partial charge on any atom is 0.416 e. The first-order chi connectivity index (χ1) is 8.47. The third-order valence-electron chi connectivity index (χ3n) is 2.92. The van der Waals surface area contributed by atoms with Crippen LogP contribution in [0.2, 0.25) is 0 Å². The summed E-state index contributed by atoms with van der Waals surface area (Å²) in [5.41, 5.74) is 0.565. The molecule has 0 radical (unpaired) electrons. The molecule has 1 aromatic heterocycles. The van der Waals surface area contributed by atoms with E-state index in [2.05, 4.69) is 4.98 Å². The van der Waals surface area contributed by atoms with Crippen molar-refractivity contribution in [1.29, 1.82) is 0 Å². The van der Waals surface area contributed by atoms with Gasteiger partial charge >= 0.3 is 6.18 Å². The van der Waals surface area contributed by atoms with Gasteiger partial charge in [-0.1, -0.05) is 13.8 Å². The topological polar surface area (TPSA) is 17.8 Å². The number of aromatic nitrogens is 2. The molecule has 2 rings (SSSR count). The molecule has 0 saturated heterocycles. The van der Waals surface area contributed by atoms with Gasteiger partial charge in [0.05, 0.1) is 16.6 Å². The summed E-state index contributed by atoms with van der Waals surface area (Å²) in [4.78, 5) is 4.29. The summed E-state index contributed by atoms with van der Waals surface area (Å²) in [6.45, 7) is 4.78. The van der Waals surface area contributed by atoms with Gasteiger partial charge in [-0.3, -0.25) is 0 Å². The Morgan fingerprint density at radius 1 is 1.22 bits per heavy atom. The smallest absolute Gasteiger partial charge is 0.328 e. The fourth-order valence-corrected chi connectivity index (χ4v) is 2.10. The zero-order chi connectivity index (χ0) is 13.3. The molecule has 0 saturated carbocycles. The number of hydrogen-bond acceptors (Lipinski definition) is 1. The molecule has 0 fully saturated rings. The first-order valence-corrected chi connectivity index (χ1v) is 6.03. The lowest BCUT2D eigenvalue weighted by molar-refractivity contribution is -0.137. The monoisotopic (exact) mass is 256 g/mol. The van der Waals surface area contributed by atoms with Crippen molar-refractivity contribution in [3.63, 3.8) is 0 Å². The summed E-state index contributed by atoms with van der Waals surface area (Å²) in [6, 6.07) is 3.76. The molecule has 98 valence electrons. The zero-order valence-corrected chi connectivity index (χ0v) is 10.4. The minimum absolute atomic E-state index is 0.426. The first kappa shape index (κ1) is 12.9. The first-order valence-electron chi connectivity index (χ1n) is 6.03. The lowest BCUT2D eigenvalue weighted by Crippen LogP contribution is -2.05. The minimum Gasteiger partial charge on any atom is -0.328 e. The van der Waals surface area contributed by atoms with Crippen LogP contribution in [0.1, 0.15) is 31.7 Å². The van der Waals surface area contributed by atoms with E-state index < -0.39 is 11.7 Å². The van der Waals surface area contributed by atoms with Gasteiger partial charge in [-0.25, -0.2) is 4.98 Å². The van der Waals surface area contributed by atoms with Crippen LogP contribution in [0.25, 0.3) is 11.0 Å². The van der Waals surface area contributed by atoms with Crippen molar-refractivity contribution in [3.05, 3.63) is 29.6 Å². The Labute approximate surface area is 103 Å². The predicted octanol–water partition coefficient (Wildman–Crippen LogP) is 4.03. The van der Waals surface area contributed by atoms with E-state index in [0.717, 1.165) is 42.9 Å². The van der Waals surface area contributed by atoms with Gasteiger partial charge in [0.1, 0.15) is 5.82 Å². The number of halogens is 3. The van der Waals surface area contributed by atoms with E-state index in [4.69, 9.17) is 0 Å². The molecule has 1 aromatic carbocycles. The van der Waals surface area contributed by atoms with Crippen molar-refractivity contribution < 1.29 is 13.2 Å². The number of alkyl halides is 3. The van der Waals surface area contributed by atoms with Gasteiger partial charge in [-0.2, -0.15) is 13.2 Å². The normalized spacial score (nSPS) is 12.3. The lowest BCUT2D eigenvalue weighted by Gasteiger charge is -2.07. The Kier molecular flexibility index (Phi) is 3.32. The van der Waals surface area contributed by atoms with Gasteiger partial charge in [0.25, 0.3) is 0 Å². The van der Waals surface area contributed by atoms with Crippen LogP contribution in [0.4, 0.5) is 13.2 Å². The number of benzene rings is 1. The fourth-order valence-electron chi connectivity index (χ4n) is 2.10. The number of fused-ring (bicyclic) bond motifs is 1. The molecule has 18 heavy (non-hydrogen) atoms. The third-order valence-corrected chi connectivity index (χ3v) is 2.92. The molecule has 2 aromatic rings. The molecular weight excluding hydrogens is 241 g/mol. The van der Waals surface area contributed by atoms with E-state index in [1.54, 1.807) is 0 Å². The van der Waals surface area contributed by atoms with Gasteiger partial charge in [0, 0.05) is 13.0 Å². The number of aryl methyl sites for hydroxylation is 2. The van der Waals surface area contributed by atoms with Crippen LogP contribution in [-0.4, -0.2) is 9.55 Å². The molecule has 0 aliphatic heterocycles. The molecule has 0 aliphatic rings. The van der Waals surface area contributed by atoms with Crippen LogP contribution >= 0.6 is 0 Å². The molecule has 2 nitrogen and oxygen atoms in total. The van der Waals surface area contributed by atoms with Gasteiger partial charge < -0.3 is 4.57 Å². The van der Waals surface area contributed by atoms with Crippen LogP contribution in [0.5, 0.6) is 0 Å². The quantitative estimate of drug-likeness (QED) is 0.810. The molecular formula is C13H15F3N2. The molecule has 0 N–H and O–H groups in total. The third kappa shape index (κ3) is 2.21. The summed E-state index contributed by atoms with van der Waals surface area (Å²) in [5.74, 6) is 0.839. The van der Waals surface area contributed by atoms with E-state index in [1.165, 1.54) is 6.07 Å². The number of rotatable bonds is 3. The second-order valence-corrected chi connectivity index (χ2v) is 4.23. The Hall–Kier alpha value is -1.52. The van der Waals surface area contributed by atoms with Crippen molar-refractivity contribution in [2.45, 2.75) is 39.4 Å². The van der Waals surface area contributed by atoms with Gasteiger partial charge in [-0.15, -0.1) is 0 Å². The molecule has 1 heterocycles. The van der Waals surface area contributed by atoms with Crippen LogP contribution < -0.4 is 0 Å². The Morgan fingerprint density at radius 2 is 1.94 bits per heavy atom. The lowest BCUT2D eigenvalue weighted by atomic mass is 10.2. The molecule has 0 unspecified atom stereocenters. The van der Waals surface area contributed by atoms with E-state index in [-0.39, 0.29) is 0 Å². The fraction of sp³-hybridized carbons (Fsp3) is 0.462. The summed E-state index contributed by atoms with van der Waals surface area (Å²) in [6.07, 6.45) is -2.66. The molecule has 5 heteroatoms. The average Bonchev–Trinajstić information content (AvgIpc) is 2.66. The average molecular weight is 256 g/mol. The molecule has 0 spiro atoms. The second kappa shape index (κ2) is 4.63. The summed E-state index contributed by atoms with van der Waals surface area (Å²) in [5, 5.41) is 0. The van der Waals surface area contributed by atoms with E-state index in [1.807, 2.05) is 18.4 Å². The predicted molar refractivity (Wildman–Crippen MR) is 64.4 cm³/mol. The molecule has 0 atom stereocenters. The number of nitrogens with zero attached hydrogens (tertiary/aromatic N) is 2. The molecule has 0 bridgehead atoms. The van der Waals surface area contributed by atoms with E-state index >= 15 is 0 Å². The van der Waals surface area contributed by atoms with Gasteiger partial charge in [-0.05, 0) is 24.6 Å². The SMILES string of the molecule is CCCn1c(CC)nc2cc(C(F)(F)F)ccc21. The highest BCUT2D eigenvalue weighted by molar-refractivity contribution is 5.77. The van der Waals surface area contributed by atoms with E-state index in [9.17, 15) is 13.2 Å². The van der Waals surface area contributed by atoms with Crippen LogP contribution in [0.15, 0.2) is 18.2 Å². The van der Waals surface area contributed by atoms with Gasteiger partial charge in [0.15, 0.2) is 0 Å². The van der Waals surface area contributed by atoms with Gasteiger partial charge in [0.2, 0.25) is 0 Å². The van der Waals surface area contributed by atoms with Crippen molar-refractivity contribution in [2.24, 2.45) is 0 Å². The van der Waals surface area contributed by atoms with Crippen LogP contribution in [0, 0.1) is 0 Å². The summed E-state index contributed by atoms with van der Waals surface area (Å²) >= 11 is 0. The van der Waals surface area contributed by atoms with E-state index in [0.29, 0.717) is 5.52 Å². The maximum absolute atomic E-state index is 12.6. The van der Waals surface area contributed by atoms with Crippen LogP contribution in [-0.2, 0) is 19.1 Å². The summed E-state index contributed by atoms with van der Waals surface area (Å²) in [7, 11) is 0. The Balaban J connectivity index is 2.59. The van der Waals surface area contributed by atoms with Crippen molar-refractivity contribution >= 4 is 11.0 Å². The maximum atomic E-state index is 12.6. The van der Waals surface area contributed by atoms with Crippen LogP contribution in [0.3, 0.4) is 0 Å².